The van der Waals surface area contributed by atoms with Gasteiger partial charge in [-0.25, -0.2) is 13.8 Å². The third-order valence-electron chi connectivity index (χ3n) is 1.48. The van der Waals surface area contributed by atoms with Gasteiger partial charge in [0.1, 0.15) is 11.0 Å². The summed E-state index contributed by atoms with van der Waals surface area (Å²) in [5.74, 6) is -0.396. The maximum atomic E-state index is 12.4. The Morgan fingerprint density at radius 3 is 2.57 bits per heavy atom. The summed E-state index contributed by atoms with van der Waals surface area (Å²) in [6.07, 6.45) is -2.88. The number of nitrogens with two attached hydrogens (primary N) is 1. The molecule has 0 aliphatic rings. The topological polar surface area (TPSA) is 56.0 Å². The van der Waals surface area contributed by atoms with Gasteiger partial charge >= 0.3 is 0 Å². The van der Waals surface area contributed by atoms with Crippen LogP contribution in [0.5, 0.6) is 0 Å². The fourth-order valence-corrected chi connectivity index (χ4v) is 1.35. The van der Waals surface area contributed by atoms with E-state index in [1.165, 1.54) is 0 Å². The van der Waals surface area contributed by atoms with Gasteiger partial charge < -0.3 is 5.73 Å². The van der Waals surface area contributed by atoms with Crippen LogP contribution < -0.4 is 5.73 Å². The normalized spacial score (nSPS) is 10.6. The van der Waals surface area contributed by atoms with Crippen LogP contribution in [0, 0.1) is 0 Å². The standard InChI is InChI=1S/C7H4Cl2F2N2O/c8-3-1-2(6(10)11)4(5(9)14)7(12)13-3/h1,6H,(H2,12,13). The molecule has 0 amide bonds. The number of hydrogen-bond acceptors (Lipinski definition) is 3. The van der Waals surface area contributed by atoms with Crippen molar-refractivity contribution >= 4 is 34.3 Å². The molecule has 0 bridgehead atoms. The second kappa shape index (κ2) is 4.06. The first-order chi connectivity index (χ1) is 6.43. The van der Waals surface area contributed by atoms with Gasteiger partial charge in [-0.2, -0.15) is 0 Å². The van der Waals surface area contributed by atoms with Crippen LogP contribution >= 0.6 is 23.2 Å². The molecular weight excluding hydrogens is 237 g/mol. The van der Waals surface area contributed by atoms with E-state index >= 15 is 0 Å². The minimum absolute atomic E-state index is 0.209. The Balaban J connectivity index is 3.44. The molecule has 14 heavy (non-hydrogen) atoms. The number of nitrogen functional groups attached to an aromatic ring is 1. The molecule has 0 aromatic carbocycles. The van der Waals surface area contributed by atoms with Crippen molar-refractivity contribution in [2.75, 3.05) is 5.73 Å². The van der Waals surface area contributed by atoms with Gasteiger partial charge in [0, 0.05) is 5.56 Å². The molecule has 0 saturated heterocycles. The molecule has 1 aromatic rings. The van der Waals surface area contributed by atoms with E-state index in [2.05, 4.69) is 4.98 Å². The number of nitrogens with zero attached hydrogens (tertiary/aromatic N) is 1. The minimum Gasteiger partial charge on any atom is -0.383 e. The molecule has 1 heterocycles. The van der Waals surface area contributed by atoms with Crippen molar-refractivity contribution in [3.05, 3.63) is 22.3 Å². The number of rotatable bonds is 2. The summed E-state index contributed by atoms with van der Waals surface area (Å²) in [4.78, 5) is 14.2. The Morgan fingerprint density at radius 2 is 2.14 bits per heavy atom. The predicted molar refractivity (Wildman–Crippen MR) is 48.8 cm³/mol. The molecule has 0 fully saturated rings. The summed E-state index contributed by atoms with van der Waals surface area (Å²) >= 11 is 10.5. The molecule has 0 aliphatic heterocycles. The van der Waals surface area contributed by atoms with Gasteiger partial charge in [-0.3, -0.25) is 4.79 Å². The highest BCUT2D eigenvalue weighted by molar-refractivity contribution is 6.68. The van der Waals surface area contributed by atoms with E-state index < -0.39 is 28.6 Å². The van der Waals surface area contributed by atoms with Crippen molar-refractivity contribution in [1.29, 1.82) is 0 Å². The SMILES string of the molecule is Nc1nc(Cl)cc(C(F)F)c1C(=O)Cl. The average molecular weight is 241 g/mol. The zero-order valence-electron chi connectivity index (χ0n) is 6.60. The molecule has 7 heteroatoms. The quantitative estimate of drug-likeness (QED) is 0.639. The van der Waals surface area contributed by atoms with E-state index in [-0.39, 0.29) is 5.15 Å². The van der Waals surface area contributed by atoms with E-state index in [1.54, 1.807) is 0 Å². The number of anilines is 1. The number of hydrogen-bond donors (Lipinski definition) is 1. The summed E-state index contributed by atoms with van der Waals surface area (Å²) in [7, 11) is 0. The van der Waals surface area contributed by atoms with Crippen molar-refractivity contribution in [3.8, 4) is 0 Å². The van der Waals surface area contributed by atoms with Gasteiger partial charge in [0.25, 0.3) is 11.7 Å². The van der Waals surface area contributed by atoms with Crippen molar-refractivity contribution in [1.82, 2.24) is 4.98 Å². The predicted octanol–water partition coefficient (Wildman–Crippen LogP) is 2.63. The van der Waals surface area contributed by atoms with Gasteiger partial charge in [0.05, 0.1) is 5.56 Å². The number of carbonyl (C=O) groups is 1. The van der Waals surface area contributed by atoms with Crippen LogP contribution in [-0.2, 0) is 0 Å². The molecule has 0 saturated carbocycles. The Labute approximate surface area is 87.8 Å². The van der Waals surface area contributed by atoms with Crippen LogP contribution in [0.25, 0.3) is 0 Å². The molecule has 0 atom stereocenters. The van der Waals surface area contributed by atoms with E-state index in [4.69, 9.17) is 28.9 Å². The second-order valence-corrected chi connectivity index (χ2v) is 3.10. The van der Waals surface area contributed by atoms with Crippen LogP contribution in [0.2, 0.25) is 5.15 Å². The molecule has 0 aliphatic carbocycles. The third kappa shape index (κ3) is 2.10. The molecule has 0 unspecified atom stereocenters. The highest BCUT2D eigenvalue weighted by Gasteiger charge is 2.21. The first-order valence-corrected chi connectivity index (χ1v) is 4.13. The average Bonchev–Trinajstić information content (AvgIpc) is 2.01. The lowest BCUT2D eigenvalue weighted by Crippen LogP contribution is -2.06. The molecule has 3 nitrogen and oxygen atoms in total. The van der Waals surface area contributed by atoms with Crippen LogP contribution in [-0.4, -0.2) is 10.2 Å². The highest BCUT2D eigenvalue weighted by atomic mass is 35.5. The maximum absolute atomic E-state index is 12.4. The second-order valence-electron chi connectivity index (χ2n) is 2.37. The molecular formula is C7H4Cl2F2N2O. The molecule has 1 rings (SSSR count). The summed E-state index contributed by atoms with van der Waals surface area (Å²) < 4.78 is 24.8. The van der Waals surface area contributed by atoms with Crippen molar-refractivity contribution in [3.63, 3.8) is 0 Å². The summed E-state index contributed by atoms with van der Waals surface area (Å²) in [6, 6.07) is 0.859. The molecule has 0 radical (unpaired) electrons. The Hall–Kier alpha value is -0.940. The lowest BCUT2D eigenvalue weighted by Gasteiger charge is -2.07. The van der Waals surface area contributed by atoms with Gasteiger partial charge in [0.2, 0.25) is 0 Å². The number of aromatic nitrogens is 1. The van der Waals surface area contributed by atoms with Gasteiger partial charge in [-0.05, 0) is 17.7 Å². The fraction of sp³-hybridized carbons (Fsp3) is 0.143. The first kappa shape index (κ1) is 11.1. The van der Waals surface area contributed by atoms with Crippen LogP contribution in [0.3, 0.4) is 0 Å². The van der Waals surface area contributed by atoms with E-state index in [0.717, 1.165) is 6.07 Å². The summed E-state index contributed by atoms with van der Waals surface area (Å²) in [5, 5.41) is -1.29. The summed E-state index contributed by atoms with van der Waals surface area (Å²) in [5.41, 5.74) is 4.12. The molecule has 1 aromatic heterocycles. The Kier molecular flexibility index (Phi) is 3.23. The molecule has 0 spiro atoms. The lowest BCUT2D eigenvalue weighted by atomic mass is 10.1. The van der Waals surface area contributed by atoms with E-state index in [9.17, 15) is 13.6 Å². The molecule has 2 N–H and O–H groups in total. The number of pyridine rings is 1. The van der Waals surface area contributed by atoms with E-state index in [1.807, 2.05) is 0 Å². The smallest absolute Gasteiger partial charge is 0.264 e. The van der Waals surface area contributed by atoms with Crippen molar-refractivity contribution in [2.45, 2.75) is 6.43 Å². The number of alkyl halides is 2. The largest absolute Gasteiger partial charge is 0.383 e. The summed E-state index contributed by atoms with van der Waals surface area (Å²) in [6.45, 7) is 0. The monoisotopic (exact) mass is 240 g/mol. The first-order valence-electron chi connectivity index (χ1n) is 3.37. The van der Waals surface area contributed by atoms with Crippen LogP contribution in [0.15, 0.2) is 6.07 Å². The minimum atomic E-state index is -2.88. The van der Waals surface area contributed by atoms with Crippen molar-refractivity contribution < 1.29 is 13.6 Å². The molecule has 76 valence electrons. The van der Waals surface area contributed by atoms with Gasteiger partial charge in [-0.15, -0.1) is 0 Å². The Bertz CT molecular complexity index is 384. The zero-order chi connectivity index (χ0) is 10.9. The Morgan fingerprint density at radius 1 is 1.57 bits per heavy atom. The fourth-order valence-electron chi connectivity index (χ4n) is 0.938. The highest BCUT2D eigenvalue weighted by Crippen LogP contribution is 2.29. The zero-order valence-corrected chi connectivity index (χ0v) is 8.11. The lowest BCUT2D eigenvalue weighted by molar-refractivity contribution is 0.106. The van der Waals surface area contributed by atoms with Crippen LogP contribution in [0.4, 0.5) is 14.6 Å². The van der Waals surface area contributed by atoms with Crippen molar-refractivity contribution in [2.24, 2.45) is 0 Å². The third-order valence-corrected chi connectivity index (χ3v) is 1.86. The van der Waals surface area contributed by atoms with Crippen LogP contribution in [0.1, 0.15) is 22.3 Å². The van der Waals surface area contributed by atoms with E-state index in [0.29, 0.717) is 0 Å². The number of carbonyl (C=O) groups excluding carboxylic acids is 1. The number of halogens is 4. The van der Waals surface area contributed by atoms with Gasteiger partial charge in [0.15, 0.2) is 0 Å². The maximum Gasteiger partial charge on any atom is 0.264 e. The van der Waals surface area contributed by atoms with Gasteiger partial charge in [-0.1, -0.05) is 11.6 Å².